The molecule has 3 heterocycles. The highest BCUT2D eigenvalue weighted by Gasteiger charge is 2.32. The van der Waals surface area contributed by atoms with Crippen molar-refractivity contribution >= 4 is 11.6 Å². The van der Waals surface area contributed by atoms with E-state index in [4.69, 9.17) is 16.1 Å². The zero-order chi connectivity index (χ0) is 15.6. The molecule has 1 aromatic carbocycles. The van der Waals surface area contributed by atoms with Crippen LogP contribution in [0.1, 0.15) is 17.4 Å². The molecule has 6 nitrogen and oxygen atoms in total. The second-order valence-electron chi connectivity index (χ2n) is 5.56. The Balaban J connectivity index is 1.37. The lowest BCUT2D eigenvalue weighted by Crippen LogP contribution is -2.44. The lowest BCUT2D eigenvalue weighted by molar-refractivity contribution is 0.117. The topological polar surface area (TPSA) is 67.9 Å². The fourth-order valence-electron chi connectivity index (χ4n) is 2.62. The number of aromatic nitrogens is 4. The molecule has 0 amide bonds. The van der Waals surface area contributed by atoms with E-state index in [0.29, 0.717) is 17.4 Å². The molecule has 1 fully saturated rings. The highest BCUT2D eigenvalue weighted by Crippen LogP contribution is 2.28. The lowest BCUT2D eigenvalue weighted by Gasteiger charge is -2.37. The summed E-state index contributed by atoms with van der Waals surface area (Å²) in [5, 5.41) is 4.75. The number of hydrogen-bond acceptors (Lipinski definition) is 6. The lowest BCUT2D eigenvalue weighted by atomic mass is 9.99. The largest absolute Gasteiger partial charge is 0.339 e. The van der Waals surface area contributed by atoms with Crippen LogP contribution in [0.15, 0.2) is 47.4 Å². The fraction of sp³-hybridized carbons (Fsp3) is 0.250. The molecule has 1 saturated heterocycles. The molecule has 0 radical (unpaired) electrons. The standard InChI is InChI=1S/C16H14ClN5O/c17-13-3-1-11(2-4-13)8-22-9-12(10-22)16-20-15(21-23-16)14-7-18-5-6-19-14/h1-7,12H,8-10H2. The smallest absolute Gasteiger partial charge is 0.232 e. The van der Waals surface area contributed by atoms with Crippen LogP contribution in [0, 0.1) is 0 Å². The van der Waals surface area contributed by atoms with Gasteiger partial charge in [0.2, 0.25) is 11.7 Å². The third-order valence-corrected chi connectivity index (χ3v) is 4.11. The van der Waals surface area contributed by atoms with Gasteiger partial charge < -0.3 is 4.52 Å². The maximum Gasteiger partial charge on any atom is 0.232 e. The molecule has 0 bridgehead atoms. The van der Waals surface area contributed by atoms with E-state index in [-0.39, 0.29) is 5.92 Å². The van der Waals surface area contributed by atoms with Crippen LogP contribution < -0.4 is 0 Å². The third kappa shape index (κ3) is 3.09. The zero-order valence-electron chi connectivity index (χ0n) is 12.3. The number of rotatable bonds is 4. The molecule has 23 heavy (non-hydrogen) atoms. The number of benzene rings is 1. The summed E-state index contributed by atoms with van der Waals surface area (Å²) in [6.07, 6.45) is 4.86. The van der Waals surface area contributed by atoms with Crippen LogP contribution in [-0.4, -0.2) is 38.1 Å². The van der Waals surface area contributed by atoms with Gasteiger partial charge in [-0.1, -0.05) is 28.9 Å². The van der Waals surface area contributed by atoms with Gasteiger partial charge in [-0.05, 0) is 17.7 Å². The van der Waals surface area contributed by atoms with Crippen LogP contribution in [0.25, 0.3) is 11.5 Å². The molecule has 0 aliphatic carbocycles. The summed E-state index contributed by atoms with van der Waals surface area (Å²) in [5.41, 5.74) is 1.87. The van der Waals surface area contributed by atoms with Crippen LogP contribution in [0.2, 0.25) is 5.02 Å². The van der Waals surface area contributed by atoms with Crippen molar-refractivity contribution in [1.82, 2.24) is 25.0 Å². The first-order chi connectivity index (χ1) is 11.3. The molecule has 7 heteroatoms. The summed E-state index contributed by atoms with van der Waals surface area (Å²) >= 11 is 5.90. The maximum atomic E-state index is 5.90. The van der Waals surface area contributed by atoms with Crippen LogP contribution in [0.3, 0.4) is 0 Å². The number of likely N-dealkylation sites (tertiary alicyclic amines) is 1. The van der Waals surface area contributed by atoms with Gasteiger partial charge in [-0.2, -0.15) is 4.98 Å². The Morgan fingerprint density at radius 3 is 2.74 bits per heavy atom. The van der Waals surface area contributed by atoms with E-state index in [1.165, 1.54) is 5.56 Å². The molecule has 2 aromatic heterocycles. The molecule has 3 aromatic rings. The van der Waals surface area contributed by atoms with Gasteiger partial charge in [0.1, 0.15) is 5.69 Å². The minimum absolute atomic E-state index is 0.278. The second kappa shape index (κ2) is 6.06. The van der Waals surface area contributed by atoms with E-state index in [1.54, 1.807) is 18.6 Å². The summed E-state index contributed by atoms with van der Waals surface area (Å²) in [5.74, 6) is 1.43. The van der Waals surface area contributed by atoms with E-state index in [1.807, 2.05) is 12.1 Å². The second-order valence-corrected chi connectivity index (χ2v) is 6.00. The minimum Gasteiger partial charge on any atom is -0.339 e. The van der Waals surface area contributed by atoms with Gasteiger partial charge in [-0.25, -0.2) is 4.98 Å². The van der Waals surface area contributed by atoms with Crippen molar-refractivity contribution in [3.05, 3.63) is 59.3 Å². The third-order valence-electron chi connectivity index (χ3n) is 3.86. The molecular weight excluding hydrogens is 314 g/mol. The Kier molecular flexibility index (Phi) is 3.77. The molecule has 1 aliphatic rings. The highest BCUT2D eigenvalue weighted by atomic mass is 35.5. The predicted molar refractivity (Wildman–Crippen MR) is 84.8 cm³/mol. The summed E-state index contributed by atoms with van der Waals surface area (Å²) < 4.78 is 5.36. The number of halogens is 1. The molecule has 0 atom stereocenters. The Hall–Kier alpha value is -2.31. The Morgan fingerprint density at radius 1 is 1.17 bits per heavy atom. The molecule has 0 spiro atoms. The number of nitrogens with zero attached hydrogens (tertiary/aromatic N) is 5. The van der Waals surface area contributed by atoms with Crippen LogP contribution in [-0.2, 0) is 6.54 Å². The van der Waals surface area contributed by atoms with Gasteiger partial charge in [0, 0.05) is 37.1 Å². The SMILES string of the molecule is Clc1ccc(CN2CC(c3nc(-c4cnccn4)no3)C2)cc1. The maximum absolute atomic E-state index is 5.90. The van der Waals surface area contributed by atoms with Gasteiger partial charge >= 0.3 is 0 Å². The molecule has 116 valence electrons. The Bertz CT molecular complexity index is 784. The summed E-state index contributed by atoms with van der Waals surface area (Å²) in [7, 11) is 0. The fourth-order valence-corrected chi connectivity index (χ4v) is 2.75. The van der Waals surface area contributed by atoms with Crippen molar-refractivity contribution in [1.29, 1.82) is 0 Å². The first-order valence-electron chi connectivity index (χ1n) is 7.35. The normalized spacial score (nSPS) is 15.5. The van der Waals surface area contributed by atoms with Crippen molar-refractivity contribution in [2.75, 3.05) is 13.1 Å². The predicted octanol–water partition coefficient (Wildman–Crippen LogP) is 2.78. The molecular formula is C16H14ClN5O. The van der Waals surface area contributed by atoms with E-state index >= 15 is 0 Å². The summed E-state index contributed by atoms with van der Waals surface area (Å²) in [4.78, 5) is 15.0. The zero-order valence-corrected chi connectivity index (χ0v) is 13.0. The first kappa shape index (κ1) is 14.3. The molecule has 0 N–H and O–H groups in total. The van der Waals surface area contributed by atoms with E-state index in [2.05, 4.69) is 37.1 Å². The van der Waals surface area contributed by atoms with Crippen LogP contribution in [0.4, 0.5) is 0 Å². The molecule has 1 aliphatic heterocycles. The van der Waals surface area contributed by atoms with Crippen molar-refractivity contribution in [3.63, 3.8) is 0 Å². The van der Waals surface area contributed by atoms with Crippen molar-refractivity contribution in [2.24, 2.45) is 0 Å². The molecule has 4 rings (SSSR count). The van der Waals surface area contributed by atoms with E-state index < -0.39 is 0 Å². The monoisotopic (exact) mass is 327 g/mol. The van der Waals surface area contributed by atoms with Crippen LogP contribution in [0.5, 0.6) is 0 Å². The highest BCUT2D eigenvalue weighted by molar-refractivity contribution is 6.30. The van der Waals surface area contributed by atoms with Crippen molar-refractivity contribution in [3.8, 4) is 11.5 Å². The first-order valence-corrected chi connectivity index (χ1v) is 7.72. The van der Waals surface area contributed by atoms with E-state index in [9.17, 15) is 0 Å². The quantitative estimate of drug-likeness (QED) is 0.734. The Labute approximate surface area is 138 Å². The van der Waals surface area contributed by atoms with Gasteiger partial charge in [-0.3, -0.25) is 9.88 Å². The van der Waals surface area contributed by atoms with Crippen LogP contribution >= 0.6 is 11.6 Å². The van der Waals surface area contributed by atoms with Gasteiger partial charge in [0.15, 0.2) is 0 Å². The molecule has 0 unspecified atom stereocenters. The van der Waals surface area contributed by atoms with Gasteiger partial charge in [0.25, 0.3) is 0 Å². The van der Waals surface area contributed by atoms with E-state index in [0.717, 1.165) is 24.7 Å². The Morgan fingerprint density at radius 2 is 2.00 bits per heavy atom. The average molecular weight is 328 g/mol. The minimum atomic E-state index is 0.278. The average Bonchev–Trinajstić information content (AvgIpc) is 3.02. The summed E-state index contributed by atoms with van der Waals surface area (Å²) in [6.45, 7) is 2.72. The molecule has 0 saturated carbocycles. The summed E-state index contributed by atoms with van der Waals surface area (Å²) in [6, 6.07) is 7.93. The number of hydrogen-bond donors (Lipinski definition) is 0. The van der Waals surface area contributed by atoms with Gasteiger partial charge in [0.05, 0.1) is 12.1 Å². The van der Waals surface area contributed by atoms with Crippen molar-refractivity contribution in [2.45, 2.75) is 12.5 Å². The van der Waals surface area contributed by atoms with Gasteiger partial charge in [-0.15, -0.1) is 0 Å². The van der Waals surface area contributed by atoms with Crippen molar-refractivity contribution < 1.29 is 4.52 Å².